The molecule has 2 aromatic carbocycles. The minimum absolute atomic E-state index is 0.0262. The summed E-state index contributed by atoms with van der Waals surface area (Å²) in [6, 6.07) is 8.71. The van der Waals surface area contributed by atoms with Gasteiger partial charge in [0, 0.05) is 54.3 Å². The van der Waals surface area contributed by atoms with E-state index in [9.17, 15) is 14.7 Å². The highest BCUT2D eigenvalue weighted by molar-refractivity contribution is 5.97. The number of methoxy groups -OCH3 is 2. The second kappa shape index (κ2) is 11.8. The van der Waals surface area contributed by atoms with Crippen LogP contribution in [0, 0.1) is 12.5 Å². The van der Waals surface area contributed by atoms with Crippen LogP contribution in [0.25, 0.3) is 4.85 Å². The predicted octanol–water partition coefficient (Wildman–Crippen LogP) is 3.56. The lowest BCUT2D eigenvalue weighted by molar-refractivity contribution is -0.137. The van der Waals surface area contributed by atoms with Gasteiger partial charge in [-0.3, -0.25) is 14.9 Å². The summed E-state index contributed by atoms with van der Waals surface area (Å²) in [6.07, 6.45) is 1.23. The third kappa shape index (κ3) is 5.75. The zero-order chi connectivity index (χ0) is 27.3. The van der Waals surface area contributed by atoms with E-state index in [-0.39, 0.29) is 18.2 Å². The van der Waals surface area contributed by atoms with E-state index in [0.717, 1.165) is 11.1 Å². The van der Waals surface area contributed by atoms with Crippen LogP contribution in [-0.4, -0.2) is 56.1 Å². The third-order valence-electron chi connectivity index (χ3n) is 7.32. The van der Waals surface area contributed by atoms with Crippen molar-refractivity contribution in [3.8, 4) is 11.5 Å². The zero-order valence-corrected chi connectivity index (χ0v) is 21.6. The van der Waals surface area contributed by atoms with Gasteiger partial charge in [0.05, 0.1) is 26.9 Å². The van der Waals surface area contributed by atoms with Crippen LogP contribution in [-0.2, 0) is 26.2 Å². The van der Waals surface area contributed by atoms with E-state index in [4.69, 9.17) is 25.9 Å². The molecule has 10 heteroatoms. The first kappa shape index (κ1) is 27.4. The maximum atomic E-state index is 13.5. The van der Waals surface area contributed by atoms with Crippen LogP contribution >= 0.6 is 0 Å². The maximum absolute atomic E-state index is 13.5. The first-order valence-electron chi connectivity index (χ1n) is 12.6. The highest BCUT2D eigenvalue weighted by Crippen LogP contribution is 2.62. The topological polar surface area (TPSA) is 131 Å². The number of benzene rings is 2. The molecule has 38 heavy (non-hydrogen) atoms. The van der Waals surface area contributed by atoms with Crippen molar-refractivity contribution in [1.29, 1.82) is 0 Å². The SMILES string of the molecule is [C-]#[N+]c1ccc(CCCC(=O)O)c(NC(=O)[C@@H]2C[C@]23CCOc2cc(OC)c(C(O)NCCOC)cc23)c1. The molecule has 1 amide bonds. The van der Waals surface area contributed by atoms with E-state index < -0.39 is 17.6 Å². The summed E-state index contributed by atoms with van der Waals surface area (Å²) in [7, 11) is 3.12. The Balaban J connectivity index is 1.56. The minimum Gasteiger partial charge on any atom is -0.496 e. The van der Waals surface area contributed by atoms with E-state index in [0.29, 0.717) is 73.9 Å². The van der Waals surface area contributed by atoms with Crippen molar-refractivity contribution in [2.75, 3.05) is 39.3 Å². The summed E-state index contributed by atoms with van der Waals surface area (Å²) >= 11 is 0. The Morgan fingerprint density at radius 3 is 2.82 bits per heavy atom. The monoisotopic (exact) mass is 523 g/mol. The number of carbonyl (C=O) groups is 2. The molecule has 1 fully saturated rings. The van der Waals surface area contributed by atoms with E-state index in [2.05, 4.69) is 15.5 Å². The van der Waals surface area contributed by atoms with Gasteiger partial charge in [0.25, 0.3) is 0 Å². The fourth-order valence-corrected chi connectivity index (χ4v) is 5.20. The molecule has 1 unspecified atom stereocenters. The first-order valence-corrected chi connectivity index (χ1v) is 12.6. The van der Waals surface area contributed by atoms with Gasteiger partial charge in [-0.25, -0.2) is 4.85 Å². The fraction of sp³-hybridized carbons (Fsp3) is 0.464. The Hall–Kier alpha value is -3.65. The standard InChI is InChI=1S/C28H33N3O7/c1-29-18-8-7-17(5-4-6-25(32)33)22(13-18)31-27(35)21-16-28(21)9-11-38-24-15-23(37-3)19(14-20(24)28)26(34)30-10-12-36-2/h7-8,13-15,21,26,30,34H,4-6,9-12,16H2,2-3H3,(H,31,35)(H,32,33)/t21-,26?,28-/m0/s1. The predicted molar refractivity (Wildman–Crippen MR) is 140 cm³/mol. The summed E-state index contributed by atoms with van der Waals surface area (Å²) in [5.74, 6) is -0.215. The molecule has 10 nitrogen and oxygen atoms in total. The molecule has 0 radical (unpaired) electrons. The van der Waals surface area contributed by atoms with Crippen LogP contribution in [0.3, 0.4) is 0 Å². The Morgan fingerprint density at radius 1 is 1.29 bits per heavy atom. The molecule has 1 aliphatic carbocycles. The van der Waals surface area contributed by atoms with Gasteiger partial charge in [-0.2, -0.15) is 0 Å². The number of carboxylic acids is 1. The van der Waals surface area contributed by atoms with E-state index >= 15 is 0 Å². The van der Waals surface area contributed by atoms with Gasteiger partial charge in [-0.15, -0.1) is 0 Å². The van der Waals surface area contributed by atoms with Crippen molar-refractivity contribution in [2.24, 2.45) is 5.92 Å². The summed E-state index contributed by atoms with van der Waals surface area (Å²) in [5.41, 5.74) is 2.73. The van der Waals surface area contributed by atoms with Crippen molar-refractivity contribution in [2.45, 2.75) is 43.7 Å². The van der Waals surface area contributed by atoms with Gasteiger partial charge < -0.3 is 29.7 Å². The van der Waals surface area contributed by atoms with Crippen LogP contribution in [0.4, 0.5) is 11.4 Å². The molecule has 4 rings (SSSR count). The van der Waals surface area contributed by atoms with E-state index in [1.165, 1.54) is 7.11 Å². The van der Waals surface area contributed by atoms with Gasteiger partial charge in [0.15, 0.2) is 5.69 Å². The van der Waals surface area contributed by atoms with Crippen molar-refractivity contribution >= 4 is 23.3 Å². The molecule has 3 atom stereocenters. The van der Waals surface area contributed by atoms with Crippen molar-refractivity contribution in [1.82, 2.24) is 5.32 Å². The highest BCUT2D eigenvalue weighted by Gasteiger charge is 2.61. The number of amides is 1. The number of hydrogen-bond acceptors (Lipinski definition) is 7. The lowest BCUT2D eigenvalue weighted by Crippen LogP contribution is -2.29. The lowest BCUT2D eigenvalue weighted by atomic mass is 9.85. The number of nitrogens with zero attached hydrogens (tertiary/aromatic N) is 1. The molecular weight excluding hydrogens is 490 g/mol. The summed E-state index contributed by atoms with van der Waals surface area (Å²) in [6.45, 7) is 8.68. The van der Waals surface area contributed by atoms with Gasteiger partial charge in [-0.1, -0.05) is 12.1 Å². The molecule has 2 aliphatic rings. The number of hydrogen-bond donors (Lipinski definition) is 4. The summed E-state index contributed by atoms with van der Waals surface area (Å²) in [4.78, 5) is 27.9. The number of aliphatic carboxylic acids is 1. The Labute approximate surface area is 221 Å². The van der Waals surface area contributed by atoms with E-state index in [1.807, 2.05) is 6.07 Å². The quantitative estimate of drug-likeness (QED) is 0.189. The minimum atomic E-state index is -0.986. The van der Waals surface area contributed by atoms with Crippen molar-refractivity contribution < 1.29 is 34.0 Å². The van der Waals surface area contributed by atoms with Crippen molar-refractivity contribution in [3.63, 3.8) is 0 Å². The van der Waals surface area contributed by atoms with E-state index in [1.54, 1.807) is 31.4 Å². The Morgan fingerprint density at radius 2 is 2.11 bits per heavy atom. The number of aliphatic hydroxyl groups is 1. The van der Waals surface area contributed by atoms with Crippen LogP contribution in [0.5, 0.6) is 11.5 Å². The number of carbonyl (C=O) groups excluding carboxylic acids is 1. The molecule has 0 saturated heterocycles. The number of carboxylic acid groups (broad SMARTS) is 1. The van der Waals surface area contributed by atoms with Crippen molar-refractivity contribution in [3.05, 3.63) is 58.4 Å². The molecule has 4 N–H and O–H groups in total. The summed E-state index contributed by atoms with van der Waals surface area (Å²) in [5, 5.41) is 25.8. The van der Waals surface area contributed by atoms with Gasteiger partial charge in [0.1, 0.15) is 17.7 Å². The number of rotatable bonds is 12. The number of aliphatic hydroxyl groups excluding tert-OH is 1. The molecule has 0 aromatic heterocycles. The largest absolute Gasteiger partial charge is 0.496 e. The molecule has 202 valence electrons. The highest BCUT2D eigenvalue weighted by atomic mass is 16.5. The zero-order valence-electron chi connectivity index (χ0n) is 21.6. The number of ether oxygens (including phenoxy) is 3. The molecule has 1 heterocycles. The first-order chi connectivity index (χ1) is 18.3. The molecule has 1 aliphatic heterocycles. The van der Waals surface area contributed by atoms with Gasteiger partial charge >= 0.3 is 5.97 Å². The number of aryl methyl sites for hydroxylation is 1. The molecule has 0 bridgehead atoms. The van der Waals surface area contributed by atoms with Gasteiger partial charge in [0.2, 0.25) is 5.91 Å². The second-order valence-electron chi connectivity index (χ2n) is 9.64. The normalized spacial score (nSPS) is 20.1. The lowest BCUT2D eigenvalue weighted by Gasteiger charge is -2.29. The average Bonchev–Trinajstić information content (AvgIpc) is 3.63. The third-order valence-corrected chi connectivity index (χ3v) is 7.32. The Bertz CT molecular complexity index is 1240. The summed E-state index contributed by atoms with van der Waals surface area (Å²) < 4.78 is 16.5. The number of fused-ring (bicyclic) bond motifs is 2. The fourth-order valence-electron chi connectivity index (χ4n) is 5.20. The van der Waals surface area contributed by atoms with Crippen LogP contribution in [0.1, 0.15) is 48.6 Å². The van der Waals surface area contributed by atoms with Gasteiger partial charge in [-0.05, 0) is 43.4 Å². The Kier molecular flexibility index (Phi) is 8.52. The molecule has 1 saturated carbocycles. The molecule has 2 aromatic rings. The smallest absolute Gasteiger partial charge is 0.303 e. The second-order valence-corrected chi connectivity index (χ2v) is 9.64. The molecule has 1 spiro atoms. The number of anilines is 1. The molecular formula is C28H33N3O7. The van der Waals surface area contributed by atoms with Crippen LogP contribution < -0.4 is 20.1 Å². The number of nitrogens with one attached hydrogen (secondary N) is 2. The maximum Gasteiger partial charge on any atom is 0.303 e. The van der Waals surface area contributed by atoms with Crippen LogP contribution in [0.15, 0.2) is 30.3 Å². The average molecular weight is 524 g/mol. The van der Waals surface area contributed by atoms with Crippen LogP contribution in [0.2, 0.25) is 0 Å².